The van der Waals surface area contributed by atoms with E-state index in [0.29, 0.717) is 18.8 Å². The fourth-order valence-electron chi connectivity index (χ4n) is 3.03. The summed E-state index contributed by atoms with van der Waals surface area (Å²) < 4.78 is 60.9. The zero-order chi connectivity index (χ0) is 20.4. The Morgan fingerprint density at radius 3 is 2.11 bits per heavy atom. The fourth-order valence-corrected chi connectivity index (χ4v) is 5.93. The van der Waals surface area contributed by atoms with Gasteiger partial charge in [0, 0.05) is 39.4 Å². The second-order valence-electron chi connectivity index (χ2n) is 6.44. The van der Waals surface area contributed by atoms with Crippen LogP contribution in [0.3, 0.4) is 0 Å². The van der Waals surface area contributed by atoms with Gasteiger partial charge in [-0.05, 0) is 37.6 Å². The van der Waals surface area contributed by atoms with E-state index in [4.69, 9.17) is 4.74 Å². The van der Waals surface area contributed by atoms with Gasteiger partial charge in [0.2, 0.25) is 10.0 Å². The number of hydrogen-bond donors (Lipinski definition) is 0. The number of sulfonamides is 2. The maximum Gasteiger partial charge on any atom is 0.262 e. The molecule has 1 aliphatic rings. The molecular weight excluding hydrogens is 404 g/mol. The van der Waals surface area contributed by atoms with Crippen molar-refractivity contribution in [2.45, 2.75) is 23.3 Å². The molecule has 1 fully saturated rings. The lowest BCUT2D eigenvalue weighted by Gasteiger charge is -2.21. The summed E-state index contributed by atoms with van der Waals surface area (Å²) in [7, 11) is -5.76. The molecule has 0 aliphatic carbocycles. The molecular formula is C17H24N4O5S2. The predicted molar refractivity (Wildman–Crippen MR) is 103 cm³/mol. The quantitative estimate of drug-likeness (QED) is 0.678. The second-order valence-corrected chi connectivity index (χ2v) is 10.3. The van der Waals surface area contributed by atoms with E-state index < -0.39 is 20.0 Å². The molecule has 0 radical (unpaired) electrons. The van der Waals surface area contributed by atoms with Gasteiger partial charge in [0.05, 0.1) is 17.8 Å². The Labute approximate surface area is 165 Å². The van der Waals surface area contributed by atoms with E-state index in [1.165, 1.54) is 33.3 Å². The summed E-state index contributed by atoms with van der Waals surface area (Å²) in [6.07, 6.45) is 3.27. The molecule has 11 heteroatoms. The summed E-state index contributed by atoms with van der Waals surface area (Å²) in [6, 6.07) is 6.25. The third-order valence-corrected chi connectivity index (χ3v) is 8.17. The number of rotatable bonds is 6. The van der Waals surface area contributed by atoms with Gasteiger partial charge in [0.25, 0.3) is 10.0 Å². The van der Waals surface area contributed by atoms with E-state index in [-0.39, 0.29) is 36.1 Å². The van der Waals surface area contributed by atoms with Gasteiger partial charge in [-0.2, -0.15) is 8.61 Å². The number of imidazole rings is 1. The average Bonchev–Trinajstić information content (AvgIpc) is 2.94. The summed E-state index contributed by atoms with van der Waals surface area (Å²) in [4.78, 5) is 4.09. The standard InChI is InChI=1S/C17H24N4O5S2/c1-3-26-15-5-7-16(8-6-15)27(22,23)20-9-4-10-21(12-11-20)28(24,25)17-13-19(2)14-18-17/h5-8,13-14H,3-4,9-12H2,1-2H3. The second kappa shape index (κ2) is 8.19. The first-order chi connectivity index (χ1) is 13.2. The number of benzene rings is 1. The number of aromatic nitrogens is 2. The number of aryl methyl sites for hydroxylation is 1. The summed E-state index contributed by atoms with van der Waals surface area (Å²) >= 11 is 0. The molecule has 0 N–H and O–H groups in total. The lowest BCUT2D eigenvalue weighted by Crippen LogP contribution is -2.37. The van der Waals surface area contributed by atoms with E-state index in [9.17, 15) is 16.8 Å². The van der Waals surface area contributed by atoms with Crippen LogP contribution in [-0.4, -0.2) is 67.8 Å². The number of nitrogens with zero attached hydrogens (tertiary/aromatic N) is 4. The van der Waals surface area contributed by atoms with Crippen LogP contribution in [0.2, 0.25) is 0 Å². The molecule has 0 bridgehead atoms. The van der Waals surface area contributed by atoms with Crippen LogP contribution >= 0.6 is 0 Å². The lowest BCUT2D eigenvalue weighted by molar-refractivity contribution is 0.340. The Morgan fingerprint density at radius 2 is 1.57 bits per heavy atom. The normalized spacial score (nSPS) is 17.4. The maximum atomic E-state index is 12.9. The molecule has 0 amide bonds. The molecule has 2 heterocycles. The van der Waals surface area contributed by atoms with Crippen LogP contribution in [0.15, 0.2) is 46.7 Å². The SMILES string of the molecule is CCOc1ccc(S(=O)(=O)N2CCCN(S(=O)(=O)c3cn(C)cn3)CC2)cc1. The Morgan fingerprint density at radius 1 is 0.964 bits per heavy atom. The molecule has 1 aromatic carbocycles. The highest BCUT2D eigenvalue weighted by Gasteiger charge is 2.32. The van der Waals surface area contributed by atoms with E-state index in [0.717, 1.165) is 0 Å². The Kier molecular flexibility index (Phi) is 6.08. The first kappa shape index (κ1) is 20.8. The van der Waals surface area contributed by atoms with Crippen molar-refractivity contribution in [3.8, 4) is 5.75 Å². The topological polar surface area (TPSA) is 102 Å². The van der Waals surface area contributed by atoms with Crippen LogP contribution < -0.4 is 4.74 Å². The molecule has 1 aliphatic heterocycles. The van der Waals surface area contributed by atoms with Crippen LogP contribution in [0.1, 0.15) is 13.3 Å². The van der Waals surface area contributed by atoms with Gasteiger partial charge < -0.3 is 9.30 Å². The van der Waals surface area contributed by atoms with Crippen LogP contribution in [0.4, 0.5) is 0 Å². The highest BCUT2D eigenvalue weighted by Crippen LogP contribution is 2.22. The summed E-state index contributed by atoms with van der Waals surface area (Å²) in [6.45, 7) is 3.01. The van der Waals surface area contributed by atoms with Crippen LogP contribution in [0, 0.1) is 0 Å². The van der Waals surface area contributed by atoms with E-state index in [1.54, 1.807) is 23.7 Å². The Hall–Kier alpha value is -1.95. The average molecular weight is 429 g/mol. The van der Waals surface area contributed by atoms with Crippen molar-refractivity contribution in [2.75, 3.05) is 32.8 Å². The Balaban J connectivity index is 1.75. The lowest BCUT2D eigenvalue weighted by atomic mass is 10.3. The fraction of sp³-hybridized carbons (Fsp3) is 0.471. The van der Waals surface area contributed by atoms with Crippen molar-refractivity contribution >= 4 is 20.0 Å². The van der Waals surface area contributed by atoms with Gasteiger partial charge in [-0.15, -0.1) is 0 Å². The van der Waals surface area contributed by atoms with Crippen LogP contribution in [0.5, 0.6) is 5.75 Å². The smallest absolute Gasteiger partial charge is 0.262 e. The number of hydrogen-bond acceptors (Lipinski definition) is 6. The molecule has 0 unspecified atom stereocenters. The molecule has 2 aromatic rings. The molecule has 9 nitrogen and oxygen atoms in total. The molecule has 28 heavy (non-hydrogen) atoms. The van der Waals surface area contributed by atoms with E-state index in [2.05, 4.69) is 4.98 Å². The minimum atomic E-state index is -3.75. The highest BCUT2D eigenvalue weighted by molar-refractivity contribution is 7.89. The van der Waals surface area contributed by atoms with E-state index in [1.807, 2.05) is 6.92 Å². The molecule has 154 valence electrons. The largest absolute Gasteiger partial charge is 0.494 e. The van der Waals surface area contributed by atoms with Crippen molar-refractivity contribution < 1.29 is 21.6 Å². The predicted octanol–water partition coefficient (Wildman–Crippen LogP) is 0.904. The van der Waals surface area contributed by atoms with Gasteiger partial charge in [-0.25, -0.2) is 21.8 Å². The Bertz CT molecular complexity index is 1020. The molecule has 1 aromatic heterocycles. The summed E-state index contributed by atoms with van der Waals surface area (Å²) in [5.41, 5.74) is 0. The van der Waals surface area contributed by atoms with Gasteiger partial charge >= 0.3 is 0 Å². The summed E-state index contributed by atoms with van der Waals surface area (Å²) in [5, 5.41) is -0.0298. The van der Waals surface area contributed by atoms with Gasteiger partial charge in [0.1, 0.15) is 5.75 Å². The van der Waals surface area contributed by atoms with Gasteiger partial charge in [-0.1, -0.05) is 0 Å². The first-order valence-electron chi connectivity index (χ1n) is 8.96. The molecule has 0 spiro atoms. The number of ether oxygens (including phenoxy) is 1. The molecule has 0 saturated carbocycles. The monoisotopic (exact) mass is 428 g/mol. The van der Waals surface area contributed by atoms with Gasteiger partial charge in [0.15, 0.2) is 5.03 Å². The van der Waals surface area contributed by atoms with Gasteiger partial charge in [-0.3, -0.25) is 0 Å². The van der Waals surface area contributed by atoms with E-state index >= 15 is 0 Å². The van der Waals surface area contributed by atoms with Crippen molar-refractivity contribution in [2.24, 2.45) is 7.05 Å². The third kappa shape index (κ3) is 4.22. The first-order valence-corrected chi connectivity index (χ1v) is 11.8. The minimum Gasteiger partial charge on any atom is -0.494 e. The molecule has 3 rings (SSSR count). The van der Waals surface area contributed by atoms with Crippen molar-refractivity contribution in [1.82, 2.24) is 18.2 Å². The maximum absolute atomic E-state index is 12.9. The van der Waals surface area contributed by atoms with Crippen molar-refractivity contribution in [3.05, 3.63) is 36.8 Å². The minimum absolute atomic E-state index is 0.0298. The zero-order valence-electron chi connectivity index (χ0n) is 15.9. The summed E-state index contributed by atoms with van der Waals surface area (Å²) in [5.74, 6) is 0.602. The highest BCUT2D eigenvalue weighted by atomic mass is 32.2. The molecule has 1 saturated heterocycles. The van der Waals surface area contributed by atoms with Crippen molar-refractivity contribution in [1.29, 1.82) is 0 Å². The van der Waals surface area contributed by atoms with Crippen LogP contribution in [0.25, 0.3) is 0 Å². The third-order valence-electron chi connectivity index (χ3n) is 4.47. The molecule has 0 atom stereocenters. The van der Waals surface area contributed by atoms with Crippen LogP contribution in [-0.2, 0) is 27.1 Å². The van der Waals surface area contributed by atoms with Crippen molar-refractivity contribution in [3.63, 3.8) is 0 Å². The zero-order valence-corrected chi connectivity index (χ0v) is 17.5.